The Balaban J connectivity index is 1.83. The van der Waals surface area contributed by atoms with Gasteiger partial charge in [-0.1, -0.05) is 0 Å². The van der Waals surface area contributed by atoms with E-state index in [1.54, 1.807) is 4.90 Å². The molecule has 0 spiro atoms. The first-order valence-electron chi connectivity index (χ1n) is 9.03. The summed E-state index contributed by atoms with van der Waals surface area (Å²) in [7, 11) is 1.20. The zero-order valence-corrected chi connectivity index (χ0v) is 15.5. The van der Waals surface area contributed by atoms with E-state index in [2.05, 4.69) is 5.32 Å². The standard InChI is InChI=1S/C19H22FN3O5/c1-28-19(27)14-11-23(8-9-24)18(26)16(14)21-12-4-5-13(15(20)10-12)17(25)22-6-2-3-7-22/h4-5,10,21,24H,2-3,6-9,11H2,1H3. The molecule has 0 aliphatic carbocycles. The molecule has 0 aromatic heterocycles. The monoisotopic (exact) mass is 391 g/mol. The van der Waals surface area contributed by atoms with Crippen LogP contribution >= 0.6 is 0 Å². The minimum Gasteiger partial charge on any atom is -0.466 e. The van der Waals surface area contributed by atoms with Crippen LogP contribution in [0.1, 0.15) is 23.2 Å². The van der Waals surface area contributed by atoms with Gasteiger partial charge in [0.05, 0.1) is 31.4 Å². The molecule has 2 aliphatic rings. The van der Waals surface area contributed by atoms with Crippen molar-refractivity contribution >= 4 is 23.5 Å². The second kappa shape index (κ2) is 8.39. The van der Waals surface area contributed by atoms with Gasteiger partial charge < -0.3 is 25.0 Å². The Labute approximate surface area is 161 Å². The number of halogens is 1. The number of nitrogens with zero attached hydrogens (tertiary/aromatic N) is 2. The highest BCUT2D eigenvalue weighted by atomic mass is 19.1. The van der Waals surface area contributed by atoms with Crippen LogP contribution in [0.15, 0.2) is 29.5 Å². The number of hydrogen-bond donors (Lipinski definition) is 2. The van der Waals surface area contributed by atoms with Crippen molar-refractivity contribution in [2.75, 3.05) is 45.2 Å². The van der Waals surface area contributed by atoms with Crippen LogP contribution in [0.5, 0.6) is 0 Å². The average Bonchev–Trinajstić information content (AvgIpc) is 3.32. The highest BCUT2D eigenvalue weighted by Crippen LogP contribution is 2.24. The first-order chi connectivity index (χ1) is 13.5. The van der Waals surface area contributed by atoms with Crippen LogP contribution in [0.4, 0.5) is 10.1 Å². The van der Waals surface area contributed by atoms with E-state index >= 15 is 0 Å². The molecule has 0 unspecified atom stereocenters. The van der Waals surface area contributed by atoms with Gasteiger partial charge in [-0.05, 0) is 31.0 Å². The molecular formula is C19H22FN3O5. The zero-order valence-electron chi connectivity index (χ0n) is 15.5. The third-order valence-electron chi connectivity index (χ3n) is 4.82. The van der Waals surface area contributed by atoms with Gasteiger partial charge in [-0.3, -0.25) is 9.59 Å². The zero-order chi connectivity index (χ0) is 20.3. The van der Waals surface area contributed by atoms with Crippen LogP contribution in [0.3, 0.4) is 0 Å². The second-order valence-corrected chi connectivity index (χ2v) is 6.61. The third kappa shape index (κ3) is 3.84. The minimum absolute atomic E-state index is 0.0115. The van der Waals surface area contributed by atoms with Gasteiger partial charge in [0.2, 0.25) is 0 Å². The molecule has 2 heterocycles. The number of methoxy groups -OCH3 is 1. The normalized spacial score (nSPS) is 16.8. The highest BCUT2D eigenvalue weighted by Gasteiger charge is 2.34. The summed E-state index contributed by atoms with van der Waals surface area (Å²) in [5.74, 6) is -2.24. The molecule has 1 aromatic rings. The van der Waals surface area contributed by atoms with Crippen LogP contribution in [0, 0.1) is 5.82 Å². The molecule has 0 bridgehead atoms. The summed E-state index contributed by atoms with van der Waals surface area (Å²) in [6.07, 6.45) is 1.81. The van der Waals surface area contributed by atoms with E-state index in [9.17, 15) is 18.8 Å². The Bertz CT molecular complexity index is 833. The summed E-state index contributed by atoms with van der Waals surface area (Å²) in [6.45, 7) is 1.02. The SMILES string of the molecule is COC(=O)C1=C(Nc2ccc(C(=O)N3CCCC3)c(F)c2)C(=O)N(CCO)C1. The molecule has 8 nitrogen and oxygen atoms in total. The van der Waals surface area contributed by atoms with Crippen molar-refractivity contribution in [2.24, 2.45) is 0 Å². The Kier molecular flexibility index (Phi) is 5.93. The maximum absolute atomic E-state index is 14.5. The van der Waals surface area contributed by atoms with Crippen molar-refractivity contribution in [3.05, 3.63) is 40.8 Å². The van der Waals surface area contributed by atoms with Crippen LogP contribution < -0.4 is 5.32 Å². The molecule has 28 heavy (non-hydrogen) atoms. The molecule has 1 saturated heterocycles. The van der Waals surface area contributed by atoms with Crippen LogP contribution in [0.2, 0.25) is 0 Å². The lowest BCUT2D eigenvalue weighted by atomic mass is 10.1. The van der Waals surface area contributed by atoms with E-state index in [0.717, 1.165) is 18.9 Å². The fourth-order valence-electron chi connectivity index (χ4n) is 3.35. The van der Waals surface area contributed by atoms with Crippen LogP contribution in [0.25, 0.3) is 0 Å². The molecule has 2 aliphatic heterocycles. The molecule has 9 heteroatoms. The Morgan fingerprint density at radius 2 is 2.00 bits per heavy atom. The number of hydrogen-bond acceptors (Lipinski definition) is 6. The lowest BCUT2D eigenvalue weighted by molar-refractivity contribution is -0.136. The lowest BCUT2D eigenvalue weighted by Crippen LogP contribution is -2.31. The number of likely N-dealkylation sites (tertiary alicyclic amines) is 1. The maximum atomic E-state index is 14.5. The Morgan fingerprint density at radius 1 is 1.29 bits per heavy atom. The molecule has 1 fully saturated rings. The van der Waals surface area contributed by atoms with Gasteiger partial charge in [0.15, 0.2) is 0 Å². The fraction of sp³-hybridized carbons (Fsp3) is 0.421. The summed E-state index contributed by atoms with van der Waals surface area (Å²) in [5.41, 5.74) is 0.261. The molecule has 150 valence electrons. The summed E-state index contributed by atoms with van der Waals surface area (Å²) in [6, 6.07) is 3.96. The number of amides is 2. The predicted octanol–water partition coefficient (Wildman–Crippen LogP) is 0.735. The molecule has 0 saturated carbocycles. The van der Waals surface area contributed by atoms with E-state index in [0.29, 0.717) is 13.1 Å². The molecule has 3 rings (SSSR count). The maximum Gasteiger partial charge on any atom is 0.337 e. The van der Waals surface area contributed by atoms with Crippen molar-refractivity contribution < 1.29 is 28.6 Å². The highest BCUT2D eigenvalue weighted by molar-refractivity contribution is 6.08. The van der Waals surface area contributed by atoms with E-state index < -0.39 is 17.7 Å². The summed E-state index contributed by atoms with van der Waals surface area (Å²) in [5, 5.41) is 11.8. The van der Waals surface area contributed by atoms with Crippen molar-refractivity contribution in [1.29, 1.82) is 0 Å². The van der Waals surface area contributed by atoms with Crippen molar-refractivity contribution in [3.8, 4) is 0 Å². The molecule has 1 aromatic carbocycles. The average molecular weight is 391 g/mol. The van der Waals surface area contributed by atoms with Gasteiger partial charge >= 0.3 is 5.97 Å². The minimum atomic E-state index is -0.709. The van der Waals surface area contributed by atoms with Gasteiger partial charge in [0.1, 0.15) is 11.5 Å². The molecule has 2 N–H and O–H groups in total. The quantitative estimate of drug-likeness (QED) is 0.694. The summed E-state index contributed by atoms with van der Waals surface area (Å²) >= 11 is 0. The number of anilines is 1. The first kappa shape index (κ1) is 19.8. The first-order valence-corrected chi connectivity index (χ1v) is 9.03. The fourth-order valence-corrected chi connectivity index (χ4v) is 3.35. The van der Waals surface area contributed by atoms with Crippen molar-refractivity contribution in [2.45, 2.75) is 12.8 Å². The number of aliphatic hydroxyl groups excluding tert-OH is 1. The molecular weight excluding hydrogens is 369 g/mol. The summed E-state index contributed by atoms with van der Waals surface area (Å²) < 4.78 is 19.2. The van der Waals surface area contributed by atoms with Gasteiger partial charge in [0, 0.05) is 25.3 Å². The molecule has 0 radical (unpaired) electrons. The number of ether oxygens (including phenoxy) is 1. The van der Waals surface area contributed by atoms with Crippen molar-refractivity contribution in [3.63, 3.8) is 0 Å². The number of rotatable bonds is 6. The third-order valence-corrected chi connectivity index (χ3v) is 4.82. The van der Waals surface area contributed by atoms with Crippen LogP contribution in [-0.4, -0.2) is 72.6 Å². The predicted molar refractivity (Wildman–Crippen MR) is 97.9 cm³/mol. The summed E-state index contributed by atoms with van der Waals surface area (Å²) in [4.78, 5) is 39.8. The van der Waals surface area contributed by atoms with Gasteiger partial charge in [-0.15, -0.1) is 0 Å². The van der Waals surface area contributed by atoms with E-state index in [-0.39, 0.29) is 48.1 Å². The second-order valence-electron chi connectivity index (χ2n) is 6.61. The van der Waals surface area contributed by atoms with Gasteiger partial charge in [0.25, 0.3) is 11.8 Å². The Morgan fingerprint density at radius 3 is 2.61 bits per heavy atom. The Hall–Kier alpha value is -2.94. The van der Waals surface area contributed by atoms with Crippen LogP contribution in [-0.2, 0) is 14.3 Å². The number of nitrogens with one attached hydrogen (secondary N) is 1. The van der Waals surface area contributed by atoms with Crippen molar-refractivity contribution in [1.82, 2.24) is 9.80 Å². The number of carbonyl (C=O) groups is 3. The van der Waals surface area contributed by atoms with E-state index in [4.69, 9.17) is 9.84 Å². The number of aliphatic hydroxyl groups is 1. The topological polar surface area (TPSA) is 99.2 Å². The number of β-amino-alcohol motifs (C(OH)–C–C–N with tert-alkyl or cyclic N) is 1. The smallest absolute Gasteiger partial charge is 0.337 e. The van der Waals surface area contributed by atoms with Gasteiger partial charge in [-0.25, -0.2) is 9.18 Å². The number of benzene rings is 1. The largest absolute Gasteiger partial charge is 0.466 e. The van der Waals surface area contributed by atoms with E-state index in [1.807, 2.05) is 0 Å². The van der Waals surface area contributed by atoms with E-state index in [1.165, 1.54) is 24.1 Å². The number of carbonyl (C=O) groups excluding carboxylic acids is 3. The lowest BCUT2D eigenvalue weighted by Gasteiger charge is -2.17. The molecule has 0 atom stereocenters. The number of esters is 1. The van der Waals surface area contributed by atoms with Gasteiger partial charge in [-0.2, -0.15) is 0 Å². The molecule has 2 amide bonds.